The molecule has 0 fully saturated rings. The highest BCUT2D eigenvalue weighted by molar-refractivity contribution is 9.10. The van der Waals surface area contributed by atoms with Crippen LogP contribution in [0.1, 0.15) is 18.1 Å². The molecule has 0 amide bonds. The number of aliphatic hydroxyl groups is 2. The van der Waals surface area contributed by atoms with E-state index in [4.69, 9.17) is 9.84 Å². The van der Waals surface area contributed by atoms with Crippen LogP contribution in [0.25, 0.3) is 0 Å². The zero-order chi connectivity index (χ0) is 10.6. The van der Waals surface area contributed by atoms with Crippen molar-refractivity contribution in [2.45, 2.75) is 12.5 Å². The number of methoxy groups -OCH3 is 1. The van der Waals surface area contributed by atoms with Gasteiger partial charge < -0.3 is 14.9 Å². The third-order valence-electron chi connectivity index (χ3n) is 1.96. The first kappa shape index (κ1) is 11.5. The molecular weight excluding hydrogens is 248 g/mol. The van der Waals surface area contributed by atoms with E-state index < -0.39 is 6.10 Å². The van der Waals surface area contributed by atoms with Crippen molar-refractivity contribution in [3.63, 3.8) is 0 Å². The topological polar surface area (TPSA) is 49.7 Å². The van der Waals surface area contributed by atoms with Crippen LogP contribution in [0.2, 0.25) is 0 Å². The average molecular weight is 261 g/mol. The van der Waals surface area contributed by atoms with Gasteiger partial charge in [-0.25, -0.2) is 0 Å². The molecule has 0 heterocycles. The highest BCUT2D eigenvalue weighted by atomic mass is 79.9. The number of hydrogen-bond donors (Lipinski definition) is 2. The van der Waals surface area contributed by atoms with Crippen molar-refractivity contribution in [3.05, 3.63) is 28.2 Å². The van der Waals surface area contributed by atoms with Crippen LogP contribution in [0.3, 0.4) is 0 Å². The lowest BCUT2D eigenvalue weighted by atomic mass is 10.1. The quantitative estimate of drug-likeness (QED) is 0.869. The molecule has 1 aromatic rings. The number of benzene rings is 1. The van der Waals surface area contributed by atoms with E-state index in [1.54, 1.807) is 25.3 Å². The maximum Gasteiger partial charge on any atom is 0.133 e. The smallest absolute Gasteiger partial charge is 0.133 e. The third-order valence-corrected chi connectivity index (χ3v) is 2.58. The third kappa shape index (κ3) is 2.70. The normalized spacial score (nSPS) is 12.6. The molecule has 0 saturated carbocycles. The average Bonchev–Trinajstić information content (AvgIpc) is 2.18. The molecule has 4 heteroatoms. The van der Waals surface area contributed by atoms with Crippen molar-refractivity contribution in [2.75, 3.05) is 13.7 Å². The summed E-state index contributed by atoms with van der Waals surface area (Å²) >= 11 is 3.33. The van der Waals surface area contributed by atoms with Gasteiger partial charge in [0, 0.05) is 13.0 Å². The molecule has 0 aromatic heterocycles. The lowest BCUT2D eigenvalue weighted by Crippen LogP contribution is -2.00. The van der Waals surface area contributed by atoms with Crippen molar-refractivity contribution in [1.29, 1.82) is 0 Å². The molecule has 1 atom stereocenters. The number of hydrogen-bond acceptors (Lipinski definition) is 3. The van der Waals surface area contributed by atoms with E-state index in [0.717, 1.165) is 15.8 Å². The first-order valence-corrected chi connectivity index (χ1v) is 5.10. The summed E-state index contributed by atoms with van der Waals surface area (Å²) in [6, 6.07) is 5.35. The molecule has 0 spiro atoms. The Balaban J connectivity index is 2.85. The van der Waals surface area contributed by atoms with Gasteiger partial charge in [-0.2, -0.15) is 0 Å². The number of aliphatic hydroxyl groups excluding tert-OH is 2. The predicted octanol–water partition coefficient (Wildman–Crippen LogP) is 1.87. The molecule has 1 unspecified atom stereocenters. The van der Waals surface area contributed by atoms with E-state index in [9.17, 15) is 5.11 Å². The van der Waals surface area contributed by atoms with Crippen LogP contribution in [0, 0.1) is 0 Å². The zero-order valence-corrected chi connectivity index (χ0v) is 9.49. The highest BCUT2D eigenvalue weighted by Gasteiger charge is 2.09. The minimum Gasteiger partial charge on any atom is -0.496 e. The lowest BCUT2D eigenvalue weighted by molar-refractivity contribution is 0.134. The molecule has 78 valence electrons. The van der Waals surface area contributed by atoms with Crippen LogP contribution < -0.4 is 4.74 Å². The molecule has 0 aliphatic rings. The van der Waals surface area contributed by atoms with Gasteiger partial charge in [0.15, 0.2) is 0 Å². The fourth-order valence-electron chi connectivity index (χ4n) is 1.18. The first-order chi connectivity index (χ1) is 6.69. The fraction of sp³-hybridized carbons (Fsp3) is 0.400. The van der Waals surface area contributed by atoms with E-state index in [1.165, 1.54) is 0 Å². The Morgan fingerprint density at radius 2 is 2.21 bits per heavy atom. The van der Waals surface area contributed by atoms with Crippen LogP contribution in [-0.2, 0) is 0 Å². The van der Waals surface area contributed by atoms with Crippen molar-refractivity contribution in [1.82, 2.24) is 0 Å². The summed E-state index contributed by atoms with van der Waals surface area (Å²) in [6.45, 7) is -0.0230. The molecule has 14 heavy (non-hydrogen) atoms. The van der Waals surface area contributed by atoms with E-state index >= 15 is 0 Å². The Hall–Kier alpha value is -0.580. The zero-order valence-electron chi connectivity index (χ0n) is 7.90. The van der Waals surface area contributed by atoms with Gasteiger partial charge in [0.2, 0.25) is 0 Å². The van der Waals surface area contributed by atoms with Gasteiger partial charge in [0.05, 0.1) is 17.7 Å². The largest absolute Gasteiger partial charge is 0.496 e. The maximum absolute atomic E-state index is 9.59. The second-order valence-corrected chi connectivity index (χ2v) is 3.78. The molecule has 0 saturated heterocycles. The summed E-state index contributed by atoms with van der Waals surface area (Å²) < 4.78 is 5.86. The Morgan fingerprint density at radius 3 is 2.71 bits per heavy atom. The fourth-order valence-corrected chi connectivity index (χ4v) is 1.74. The maximum atomic E-state index is 9.59. The molecule has 1 rings (SSSR count). The minimum absolute atomic E-state index is 0.0230. The molecule has 0 radical (unpaired) electrons. The van der Waals surface area contributed by atoms with Gasteiger partial charge in [-0.1, -0.05) is 6.07 Å². The first-order valence-electron chi connectivity index (χ1n) is 4.31. The van der Waals surface area contributed by atoms with Gasteiger partial charge in [-0.15, -0.1) is 0 Å². The molecule has 1 aromatic carbocycles. The number of halogens is 1. The second-order valence-electron chi connectivity index (χ2n) is 2.92. The molecule has 0 aliphatic heterocycles. The van der Waals surface area contributed by atoms with Crippen LogP contribution in [0.15, 0.2) is 22.7 Å². The molecular formula is C10H13BrO3. The van der Waals surface area contributed by atoms with Gasteiger partial charge >= 0.3 is 0 Å². The van der Waals surface area contributed by atoms with Crippen molar-refractivity contribution >= 4 is 15.9 Å². The Labute approximate surface area is 91.5 Å². The molecule has 3 nitrogen and oxygen atoms in total. The Bertz CT molecular complexity index is 301. The Morgan fingerprint density at radius 1 is 1.50 bits per heavy atom. The van der Waals surface area contributed by atoms with Crippen molar-refractivity contribution in [3.8, 4) is 5.75 Å². The summed E-state index contributed by atoms with van der Waals surface area (Å²) in [5, 5.41) is 18.3. The summed E-state index contributed by atoms with van der Waals surface area (Å²) in [4.78, 5) is 0. The summed E-state index contributed by atoms with van der Waals surface area (Å²) in [5.41, 5.74) is 0.770. The number of rotatable bonds is 4. The van der Waals surface area contributed by atoms with Crippen LogP contribution in [0.5, 0.6) is 5.75 Å². The standard InChI is InChI=1S/C10H13BrO3/c1-14-10-3-2-7(6-8(10)11)9(13)4-5-12/h2-3,6,9,12-13H,4-5H2,1H3. The summed E-state index contributed by atoms with van der Waals surface area (Å²) in [6.07, 6.45) is -0.277. The van der Waals surface area contributed by atoms with Gasteiger partial charge in [-0.05, 0) is 33.6 Å². The predicted molar refractivity (Wildman–Crippen MR) is 57.4 cm³/mol. The number of ether oxygens (including phenoxy) is 1. The lowest BCUT2D eigenvalue weighted by Gasteiger charge is -2.11. The molecule has 0 aliphatic carbocycles. The summed E-state index contributed by atoms with van der Waals surface area (Å²) in [5.74, 6) is 0.727. The van der Waals surface area contributed by atoms with E-state index in [-0.39, 0.29) is 6.61 Å². The van der Waals surface area contributed by atoms with Gasteiger partial charge in [-0.3, -0.25) is 0 Å². The molecule has 0 bridgehead atoms. The van der Waals surface area contributed by atoms with E-state index in [2.05, 4.69) is 15.9 Å². The highest BCUT2D eigenvalue weighted by Crippen LogP contribution is 2.28. The molecule has 2 N–H and O–H groups in total. The second kappa shape index (κ2) is 5.34. The van der Waals surface area contributed by atoms with E-state index in [1.807, 2.05) is 0 Å². The van der Waals surface area contributed by atoms with Crippen molar-refractivity contribution < 1.29 is 14.9 Å². The van der Waals surface area contributed by atoms with E-state index in [0.29, 0.717) is 6.42 Å². The van der Waals surface area contributed by atoms with Crippen molar-refractivity contribution in [2.24, 2.45) is 0 Å². The summed E-state index contributed by atoms with van der Waals surface area (Å²) in [7, 11) is 1.59. The Kier molecular flexibility index (Phi) is 4.38. The van der Waals surface area contributed by atoms with Crippen LogP contribution in [-0.4, -0.2) is 23.9 Å². The monoisotopic (exact) mass is 260 g/mol. The van der Waals surface area contributed by atoms with Gasteiger partial charge in [0.25, 0.3) is 0 Å². The SMILES string of the molecule is COc1ccc(C(O)CCO)cc1Br. The van der Waals surface area contributed by atoms with Gasteiger partial charge in [0.1, 0.15) is 5.75 Å². The van der Waals surface area contributed by atoms with Crippen LogP contribution in [0.4, 0.5) is 0 Å². The van der Waals surface area contributed by atoms with Crippen LogP contribution >= 0.6 is 15.9 Å². The minimum atomic E-state index is -0.623.